The fourth-order valence-electron chi connectivity index (χ4n) is 2.48. The molecule has 1 aliphatic heterocycles. The second kappa shape index (κ2) is 7.94. The topological polar surface area (TPSA) is 64.6 Å². The van der Waals surface area contributed by atoms with Crippen molar-refractivity contribution in [3.05, 3.63) is 35.4 Å². The van der Waals surface area contributed by atoms with Gasteiger partial charge < -0.3 is 14.8 Å². The van der Waals surface area contributed by atoms with Crippen molar-refractivity contribution < 1.29 is 19.1 Å². The van der Waals surface area contributed by atoms with Crippen molar-refractivity contribution in [2.75, 3.05) is 13.2 Å². The van der Waals surface area contributed by atoms with Crippen LogP contribution in [0.1, 0.15) is 43.4 Å². The number of benzene rings is 1. The van der Waals surface area contributed by atoms with Crippen LogP contribution in [0.25, 0.3) is 0 Å². The third-order valence-corrected chi connectivity index (χ3v) is 3.68. The van der Waals surface area contributed by atoms with Crippen LogP contribution in [0.2, 0.25) is 0 Å². The van der Waals surface area contributed by atoms with Gasteiger partial charge in [-0.1, -0.05) is 29.8 Å². The molecule has 1 aliphatic rings. The number of hydrogen-bond acceptors (Lipinski definition) is 4. The summed E-state index contributed by atoms with van der Waals surface area (Å²) < 4.78 is 10.7. The van der Waals surface area contributed by atoms with E-state index < -0.39 is 0 Å². The van der Waals surface area contributed by atoms with Crippen molar-refractivity contribution in [2.24, 2.45) is 0 Å². The zero-order valence-corrected chi connectivity index (χ0v) is 13.1. The first-order chi connectivity index (χ1) is 10.5. The molecule has 120 valence electrons. The standard InChI is InChI=1S/C17H23NO4/c1-12-5-7-14(8-6-12)16(18-13(2)19)10-17(20)22-11-15-4-3-9-21-15/h5-8,15-16H,3-4,9-11H2,1-2H3,(H,18,19). The van der Waals surface area contributed by atoms with Gasteiger partial charge in [-0.05, 0) is 25.3 Å². The van der Waals surface area contributed by atoms with Gasteiger partial charge in [0.05, 0.1) is 18.6 Å². The lowest BCUT2D eigenvalue weighted by Gasteiger charge is -2.18. The van der Waals surface area contributed by atoms with Gasteiger partial charge in [0.15, 0.2) is 0 Å². The van der Waals surface area contributed by atoms with Gasteiger partial charge in [0.1, 0.15) is 6.61 Å². The van der Waals surface area contributed by atoms with E-state index in [4.69, 9.17) is 9.47 Å². The highest BCUT2D eigenvalue weighted by atomic mass is 16.6. The van der Waals surface area contributed by atoms with Crippen LogP contribution in [0, 0.1) is 6.92 Å². The zero-order chi connectivity index (χ0) is 15.9. The van der Waals surface area contributed by atoms with E-state index in [1.165, 1.54) is 6.92 Å². The Labute approximate surface area is 131 Å². The summed E-state index contributed by atoms with van der Waals surface area (Å²) in [5.74, 6) is -0.493. The van der Waals surface area contributed by atoms with Crippen LogP contribution in [0.15, 0.2) is 24.3 Å². The average molecular weight is 305 g/mol. The first-order valence-corrected chi connectivity index (χ1v) is 7.65. The van der Waals surface area contributed by atoms with Crippen molar-refractivity contribution in [1.82, 2.24) is 5.32 Å². The average Bonchev–Trinajstić information content (AvgIpc) is 2.98. The lowest BCUT2D eigenvalue weighted by molar-refractivity contribution is -0.147. The number of hydrogen-bond donors (Lipinski definition) is 1. The molecule has 1 saturated heterocycles. The number of amides is 1. The van der Waals surface area contributed by atoms with Gasteiger partial charge in [0.25, 0.3) is 0 Å². The number of nitrogens with one attached hydrogen (secondary N) is 1. The van der Waals surface area contributed by atoms with Crippen LogP contribution in [-0.4, -0.2) is 31.2 Å². The SMILES string of the molecule is CC(=O)NC(CC(=O)OCC1CCCO1)c1ccc(C)cc1. The second-order valence-electron chi connectivity index (χ2n) is 5.69. The summed E-state index contributed by atoms with van der Waals surface area (Å²) >= 11 is 0. The number of aryl methyl sites for hydroxylation is 1. The summed E-state index contributed by atoms with van der Waals surface area (Å²) in [5, 5.41) is 2.80. The Balaban J connectivity index is 1.91. The van der Waals surface area contributed by atoms with Crippen LogP contribution in [-0.2, 0) is 19.1 Å². The van der Waals surface area contributed by atoms with Crippen LogP contribution >= 0.6 is 0 Å². The molecule has 0 aromatic heterocycles. The predicted molar refractivity (Wildman–Crippen MR) is 82.3 cm³/mol. The molecule has 2 rings (SSSR count). The molecule has 5 heteroatoms. The summed E-state index contributed by atoms with van der Waals surface area (Å²) in [6, 6.07) is 7.39. The molecule has 1 fully saturated rings. The van der Waals surface area contributed by atoms with Gasteiger partial charge in [-0.2, -0.15) is 0 Å². The van der Waals surface area contributed by atoms with E-state index in [-0.39, 0.29) is 30.4 Å². The predicted octanol–water partition coefficient (Wildman–Crippen LogP) is 2.28. The minimum Gasteiger partial charge on any atom is -0.463 e. The molecule has 1 aromatic carbocycles. The van der Waals surface area contributed by atoms with E-state index in [1.54, 1.807) is 0 Å². The molecular weight excluding hydrogens is 282 g/mol. The Kier molecular flexibility index (Phi) is 5.95. The van der Waals surface area contributed by atoms with Crippen molar-refractivity contribution in [1.29, 1.82) is 0 Å². The zero-order valence-electron chi connectivity index (χ0n) is 13.1. The van der Waals surface area contributed by atoms with Crippen molar-refractivity contribution in [2.45, 2.75) is 45.3 Å². The van der Waals surface area contributed by atoms with Gasteiger partial charge in [-0.15, -0.1) is 0 Å². The molecule has 2 unspecified atom stereocenters. The molecule has 1 amide bonds. The van der Waals surface area contributed by atoms with Gasteiger partial charge in [-0.25, -0.2) is 0 Å². The van der Waals surface area contributed by atoms with E-state index in [1.807, 2.05) is 31.2 Å². The fraction of sp³-hybridized carbons (Fsp3) is 0.529. The minimum absolute atomic E-state index is 0.0162. The summed E-state index contributed by atoms with van der Waals surface area (Å²) in [6.45, 7) is 4.46. The van der Waals surface area contributed by atoms with Crippen molar-refractivity contribution in [3.8, 4) is 0 Å². The maximum absolute atomic E-state index is 12.0. The Morgan fingerprint density at radius 3 is 2.68 bits per heavy atom. The summed E-state index contributed by atoms with van der Waals surface area (Å²) in [6.07, 6.45) is 2.08. The third-order valence-electron chi connectivity index (χ3n) is 3.68. The monoisotopic (exact) mass is 305 g/mol. The molecular formula is C17H23NO4. The van der Waals surface area contributed by atoms with Gasteiger partial charge in [-0.3, -0.25) is 9.59 Å². The highest BCUT2D eigenvalue weighted by Crippen LogP contribution is 2.19. The van der Waals surface area contributed by atoms with Crippen LogP contribution in [0.5, 0.6) is 0 Å². The second-order valence-corrected chi connectivity index (χ2v) is 5.69. The summed E-state index contributed by atoms with van der Waals surface area (Å²) in [5.41, 5.74) is 2.03. The number of rotatable bonds is 6. The smallest absolute Gasteiger partial charge is 0.308 e. The first-order valence-electron chi connectivity index (χ1n) is 7.65. The Morgan fingerprint density at radius 2 is 2.09 bits per heavy atom. The molecule has 1 aromatic rings. The molecule has 0 aliphatic carbocycles. The highest BCUT2D eigenvalue weighted by Gasteiger charge is 2.21. The van der Waals surface area contributed by atoms with E-state index >= 15 is 0 Å². The molecule has 1 N–H and O–H groups in total. The summed E-state index contributed by atoms with van der Waals surface area (Å²) in [4.78, 5) is 23.4. The van der Waals surface area contributed by atoms with Crippen LogP contribution in [0.4, 0.5) is 0 Å². The van der Waals surface area contributed by atoms with Crippen LogP contribution < -0.4 is 5.32 Å². The summed E-state index contributed by atoms with van der Waals surface area (Å²) in [7, 11) is 0. The molecule has 22 heavy (non-hydrogen) atoms. The lowest BCUT2D eigenvalue weighted by Crippen LogP contribution is -2.29. The van der Waals surface area contributed by atoms with Gasteiger partial charge in [0, 0.05) is 13.5 Å². The van der Waals surface area contributed by atoms with E-state index in [0.29, 0.717) is 6.61 Å². The highest BCUT2D eigenvalue weighted by molar-refractivity contribution is 5.76. The number of carbonyl (C=O) groups is 2. The van der Waals surface area contributed by atoms with E-state index in [2.05, 4.69) is 5.32 Å². The molecule has 1 heterocycles. The Morgan fingerprint density at radius 1 is 1.36 bits per heavy atom. The third kappa shape index (κ3) is 5.15. The first kappa shape index (κ1) is 16.5. The molecule has 0 spiro atoms. The number of carbonyl (C=O) groups excluding carboxylic acids is 2. The minimum atomic E-state index is -0.366. The molecule has 2 atom stereocenters. The quantitative estimate of drug-likeness (QED) is 0.819. The number of esters is 1. The van der Waals surface area contributed by atoms with Crippen molar-refractivity contribution in [3.63, 3.8) is 0 Å². The molecule has 5 nitrogen and oxygen atoms in total. The number of ether oxygens (including phenoxy) is 2. The maximum Gasteiger partial charge on any atom is 0.308 e. The Bertz CT molecular complexity index is 506. The van der Waals surface area contributed by atoms with E-state index in [9.17, 15) is 9.59 Å². The molecule has 0 bridgehead atoms. The lowest BCUT2D eigenvalue weighted by atomic mass is 10.0. The molecule has 0 saturated carbocycles. The molecule has 0 radical (unpaired) electrons. The van der Waals surface area contributed by atoms with Gasteiger partial charge >= 0.3 is 5.97 Å². The fourth-order valence-corrected chi connectivity index (χ4v) is 2.48. The largest absolute Gasteiger partial charge is 0.463 e. The van der Waals surface area contributed by atoms with E-state index in [0.717, 1.165) is 30.6 Å². The van der Waals surface area contributed by atoms with Gasteiger partial charge in [0.2, 0.25) is 5.91 Å². The normalized spacial score (nSPS) is 18.7. The van der Waals surface area contributed by atoms with Crippen molar-refractivity contribution >= 4 is 11.9 Å². The maximum atomic E-state index is 12.0. The Hall–Kier alpha value is -1.88. The van der Waals surface area contributed by atoms with Crippen LogP contribution in [0.3, 0.4) is 0 Å².